The zero-order valence-electron chi connectivity index (χ0n) is 17.0. The molecule has 6 heteroatoms. The number of aromatic nitrogens is 4. The lowest BCUT2D eigenvalue weighted by Gasteiger charge is -2.18. The zero-order chi connectivity index (χ0) is 20.1. The highest BCUT2D eigenvalue weighted by Crippen LogP contribution is 2.34. The first kappa shape index (κ1) is 17.6. The lowest BCUT2D eigenvalue weighted by atomic mass is 10.1. The van der Waals surface area contributed by atoms with Crippen LogP contribution in [0.5, 0.6) is 0 Å². The summed E-state index contributed by atoms with van der Waals surface area (Å²) < 4.78 is 2.01. The van der Waals surface area contributed by atoms with Crippen LogP contribution in [0, 0.1) is 12.8 Å². The molecule has 0 spiro atoms. The summed E-state index contributed by atoms with van der Waals surface area (Å²) in [7, 11) is 0. The van der Waals surface area contributed by atoms with E-state index in [1.54, 1.807) is 0 Å². The molecule has 2 saturated heterocycles. The first-order valence-corrected chi connectivity index (χ1v) is 10.6. The van der Waals surface area contributed by atoms with Crippen LogP contribution in [-0.2, 0) is 0 Å². The third-order valence-corrected chi connectivity index (χ3v) is 6.37. The van der Waals surface area contributed by atoms with Gasteiger partial charge in [0.15, 0.2) is 5.65 Å². The molecule has 0 bridgehead atoms. The number of anilines is 1. The summed E-state index contributed by atoms with van der Waals surface area (Å²) in [4.78, 5) is 11.8. The van der Waals surface area contributed by atoms with E-state index in [9.17, 15) is 0 Å². The van der Waals surface area contributed by atoms with Crippen molar-refractivity contribution in [1.29, 1.82) is 0 Å². The fourth-order valence-electron chi connectivity index (χ4n) is 4.88. The minimum absolute atomic E-state index is 0.590. The minimum Gasteiger partial charge on any atom is -0.353 e. The summed E-state index contributed by atoms with van der Waals surface area (Å²) in [5, 5.41) is 8.70. The molecule has 0 radical (unpaired) electrons. The average molecular weight is 396 g/mol. The molecule has 4 aromatic rings. The Kier molecular flexibility index (Phi) is 4.06. The zero-order valence-corrected chi connectivity index (χ0v) is 17.0. The van der Waals surface area contributed by atoms with E-state index >= 15 is 0 Å². The highest BCUT2D eigenvalue weighted by atomic mass is 15.4. The van der Waals surface area contributed by atoms with Gasteiger partial charge in [0, 0.05) is 42.1 Å². The molecule has 5 heterocycles. The molecule has 0 saturated carbocycles. The van der Waals surface area contributed by atoms with Crippen LogP contribution in [0.15, 0.2) is 60.8 Å². The first-order chi connectivity index (χ1) is 14.8. The number of pyridine rings is 1. The van der Waals surface area contributed by atoms with E-state index < -0.39 is 0 Å². The first-order valence-electron chi connectivity index (χ1n) is 10.6. The molecular formula is C24H24N6. The van der Waals surface area contributed by atoms with Crippen molar-refractivity contribution in [3.05, 3.63) is 66.5 Å². The second-order valence-electron chi connectivity index (χ2n) is 8.34. The minimum atomic E-state index is 0.590. The molecule has 2 unspecified atom stereocenters. The van der Waals surface area contributed by atoms with E-state index in [0.29, 0.717) is 6.04 Å². The van der Waals surface area contributed by atoms with Crippen molar-refractivity contribution >= 4 is 11.5 Å². The smallest absolute Gasteiger partial charge is 0.155 e. The summed E-state index contributed by atoms with van der Waals surface area (Å²) in [6.45, 7) is 5.25. The molecule has 1 aromatic carbocycles. The molecule has 0 amide bonds. The number of fused-ring (bicyclic) bond motifs is 2. The van der Waals surface area contributed by atoms with Crippen molar-refractivity contribution < 1.29 is 0 Å². The molecule has 2 atom stereocenters. The fourth-order valence-corrected chi connectivity index (χ4v) is 4.88. The van der Waals surface area contributed by atoms with Gasteiger partial charge in [0.1, 0.15) is 11.5 Å². The van der Waals surface area contributed by atoms with E-state index in [2.05, 4.69) is 57.7 Å². The summed E-state index contributed by atoms with van der Waals surface area (Å²) >= 11 is 0. The Balaban J connectivity index is 1.52. The Morgan fingerprint density at radius 1 is 1.00 bits per heavy atom. The normalized spacial score (nSPS) is 20.8. The van der Waals surface area contributed by atoms with E-state index in [0.717, 1.165) is 65.2 Å². The Bertz CT molecular complexity index is 1200. The van der Waals surface area contributed by atoms with Gasteiger partial charge in [-0.1, -0.05) is 30.3 Å². The van der Waals surface area contributed by atoms with Gasteiger partial charge in [-0.25, -0.2) is 9.50 Å². The lowest BCUT2D eigenvalue weighted by molar-refractivity contribution is 0.556. The van der Waals surface area contributed by atoms with Crippen LogP contribution in [0.4, 0.5) is 5.82 Å². The van der Waals surface area contributed by atoms with Crippen molar-refractivity contribution in [2.45, 2.75) is 19.4 Å². The van der Waals surface area contributed by atoms with E-state index in [4.69, 9.17) is 10.1 Å². The summed E-state index contributed by atoms with van der Waals surface area (Å²) in [5.41, 5.74) is 5.98. The predicted molar refractivity (Wildman–Crippen MR) is 119 cm³/mol. The SMILES string of the molecule is Cc1cc(-c2c(-c3ccccc3)nc3ccc(N4CC5CCNC5C4)nn23)ccn1. The maximum Gasteiger partial charge on any atom is 0.155 e. The van der Waals surface area contributed by atoms with Crippen molar-refractivity contribution in [1.82, 2.24) is 24.9 Å². The van der Waals surface area contributed by atoms with Crippen LogP contribution >= 0.6 is 0 Å². The second kappa shape index (κ2) is 6.92. The Morgan fingerprint density at radius 2 is 1.90 bits per heavy atom. The van der Waals surface area contributed by atoms with Crippen LogP contribution in [0.3, 0.4) is 0 Å². The molecule has 2 aliphatic rings. The summed E-state index contributed by atoms with van der Waals surface area (Å²) in [5.74, 6) is 1.75. The summed E-state index contributed by atoms with van der Waals surface area (Å²) in [6, 6.07) is 19.3. The standard InChI is InChI=1S/C24H24N6/c1-16-13-18(9-11-25-16)24-23(17-5-3-2-4-6-17)27-21-7-8-22(28-30(21)24)29-14-19-10-12-26-20(19)15-29/h2-9,11,13,19-20,26H,10,12,14-15H2,1H3. The third kappa shape index (κ3) is 2.87. The number of aryl methyl sites for hydroxylation is 1. The number of hydrogen-bond acceptors (Lipinski definition) is 5. The van der Waals surface area contributed by atoms with Gasteiger partial charge < -0.3 is 10.2 Å². The highest BCUT2D eigenvalue weighted by molar-refractivity contribution is 5.81. The van der Waals surface area contributed by atoms with Gasteiger partial charge in [0.2, 0.25) is 0 Å². The Hall–Kier alpha value is -3.25. The van der Waals surface area contributed by atoms with Gasteiger partial charge in [-0.05, 0) is 50.1 Å². The van der Waals surface area contributed by atoms with Gasteiger partial charge >= 0.3 is 0 Å². The molecule has 1 N–H and O–H groups in total. The van der Waals surface area contributed by atoms with Gasteiger partial charge in [0.25, 0.3) is 0 Å². The van der Waals surface area contributed by atoms with Crippen LogP contribution in [-0.4, -0.2) is 45.3 Å². The van der Waals surface area contributed by atoms with Crippen LogP contribution < -0.4 is 10.2 Å². The predicted octanol–water partition coefficient (Wildman–Crippen LogP) is 3.56. The third-order valence-electron chi connectivity index (χ3n) is 6.37. The van der Waals surface area contributed by atoms with Gasteiger partial charge in [-0.2, -0.15) is 0 Å². The number of hydrogen-bond donors (Lipinski definition) is 1. The molecule has 3 aromatic heterocycles. The molecule has 30 heavy (non-hydrogen) atoms. The molecular weight excluding hydrogens is 372 g/mol. The maximum atomic E-state index is 5.07. The van der Waals surface area contributed by atoms with Gasteiger partial charge in [0.05, 0.1) is 5.69 Å². The van der Waals surface area contributed by atoms with Crippen molar-refractivity contribution in [3.63, 3.8) is 0 Å². The largest absolute Gasteiger partial charge is 0.353 e. The highest BCUT2D eigenvalue weighted by Gasteiger charge is 2.36. The number of imidazole rings is 1. The van der Waals surface area contributed by atoms with Gasteiger partial charge in [-0.3, -0.25) is 4.98 Å². The number of benzene rings is 1. The van der Waals surface area contributed by atoms with Crippen molar-refractivity contribution in [3.8, 4) is 22.5 Å². The monoisotopic (exact) mass is 396 g/mol. The van der Waals surface area contributed by atoms with E-state index in [1.165, 1.54) is 6.42 Å². The molecule has 6 rings (SSSR count). The molecule has 150 valence electrons. The lowest BCUT2D eigenvalue weighted by Crippen LogP contribution is -2.30. The number of nitrogens with zero attached hydrogens (tertiary/aromatic N) is 5. The van der Waals surface area contributed by atoms with Crippen molar-refractivity contribution in [2.75, 3.05) is 24.5 Å². The van der Waals surface area contributed by atoms with Crippen LogP contribution in [0.2, 0.25) is 0 Å². The summed E-state index contributed by atoms with van der Waals surface area (Å²) in [6.07, 6.45) is 3.12. The number of nitrogens with one attached hydrogen (secondary N) is 1. The topological polar surface area (TPSA) is 58.4 Å². The molecule has 6 nitrogen and oxygen atoms in total. The Morgan fingerprint density at radius 3 is 2.73 bits per heavy atom. The van der Waals surface area contributed by atoms with E-state index in [1.807, 2.05) is 29.8 Å². The van der Waals surface area contributed by atoms with Crippen LogP contribution in [0.25, 0.3) is 28.2 Å². The molecule has 2 fully saturated rings. The molecule has 0 aliphatic carbocycles. The quantitative estimate of drug-likeness (QED) is 0.574. The fraction of sp³-hybridized carbons (Fsp3) is 0.292. The molecule has 2 aliphatic heterocycles. The Labute approximate surface area is 175 Å². The maximum absolute atomic E-state index is 5.07. The average Bonchev–Trinajstić information content (AvgIpc) is 3.47. The van der Waals surface area contributed by atoms with Crippen molar-refractivity contribution in [2.24, 2.45) is 5.92 Å². The van der Waals surface area contributed by atoms with Crippen LogP contribution in [0.1, 0.15) is 12.1 Å². The number of rotatable bonds is 3. The second-order valence-corrected chi connectivity index (χ2v) is 8.34. The van der Waals surface area contributed by atoms with E-state index in [-0.39, 0.29) is 0 Å². The van der Waals surface area contributed by atoms with Gasteiger partial charge in [-0.15, -0.1) is 5.10 Å².